The molecule has 0 radical (unpaired) electrons. The maximum absolute atomic E-state index is 6.23. The third-order valence-corrected chi connectivity index (χ3v) is 3.43. The molecule has 0 atom stereocenters. The van der Waals surface area contributed by atoms with Gasteiger partial charge < -0.3 is 10.1 Å². The minimum Gasteiger partial charge on any atom is -0.489 e. The Hall–Kier alpha value is -1.51. The molecule has 2 aromatic carbocycles. The van der Waals surface area contributed by atoms with Crippen molar-refractivity contribution in [1.82, 2.24) is 5.32 Å². The van der Waals surface area contributed by atoms with E-state index in [-0.39, 0.29) is 6.10 Å². The van der Waals surface area contributed by atoms with E-state index in [0.717, 1.165) is 24.4 Å². The topological polar surface area (TPSA) is 21.3 Å². The average molecular weight is 304 g/mol. The van der Waals surface area contributed by atoms with Gasteiger partial charge in [-0.3, -0.25) is 0 Å². The third-order valence-electron chi connectivity index (χ3n) is 3.14. The molecule has 0 bridgehead atoms. The molecule has 21 heavy (non-hydrogen) atoms. The zero-order chi connectivity index (χ0) is 15.2. The van der Waals surface area contributed by atoms with E-state index in [9.17, 15) is 0 Å². The highest BCUT2D eigenvalue weighted by Crippen LogP contribution is 2.26. The van der Waals surface area contributed by atoms with E-state index in [4.69, 9.17) is 16.3 Å². The second-order valence-corrected chi connectivity index (χ2v) is 5.93. The second-order valence-electron chi connectivity index (χ2n) is 5.52. The Morgan fingerprint density at radius 3 is 2.24 bits per heavy atom. The van der Waals surface area contributed by atoms with Crippen LogP contribution in [0.1, 0.15) is 30.5 Å². The van der Waals surface area contributed by atoms with E-state index >= 15 is 0 Å². The Morgan fingerprint density at radius 1 is 1.00 bits per heavy atom. The quantitative estimate of drug-likeness (QED) is 0.833. The first-order chi connectivity index (χ1) is 10.0. The van der Waals surface area contributed by atoms with Gasteiger partial charge >= 0.3 is 0 Å². The number of nitrogens with one attached hydrogen (secondary N) is 1. The second kappa shape index (κ2) is 7.48. The maximum atomic E-state index is 6.23. The number of halogens is 1. The largest absolute Gasteiger partial charge is 0.489 e. The Labute approximate surface area is 132 Å². The van der Waals surface area contributed by atoms with Crippen LogP contribution in [-0.2, 0) is 13.1 Å². The van der Waals surface area contributed by atoms with Crippen LogP contribution >= 0.6 is 11.6 Å². The van der Waals surface area contributed by atoms with Gasteiger partial charge in [0.2, 0.25) is 0 Å². The van der Waals surface area contributed by atoms with Crippen LogP contribution in [0.4, 0.5) is 0 Å². The van der Waals surface area contributed by atoms with Crippen LogP contribution in [-0.4, -0.2) is 6.10 Å². The Bertz CT molecular complexity index is 578. The monoisotopic (exact) mass is 303 g/mol. The first-order valence-corrected chi connectivity index (χ1v) is 7.64. The number of ether oxygens (including phenoxy) is 1. The first-order valence-electron chi connectivity index (χ1n) is 7.26. The summed E-state index contributed by atoms with van der Waals surface area (Å²) in [6.45, 7) is 7.72. The number of hydrogen-bond acceptors (Lipinski definition) is 2. The van der Waals surface area contributed by atoms with Crippen LogP contribution < -0.4 is 10.1 Å². The molecule has 0 saturated heterocycles. The fourth-order valence-electron chi connectivity index (χ4n) is 2.06. The van der Waals surface area contributed by atoms with Gasteiger partial charge in [-0.15, -0.1) is 0 Å². The molecule has 2 rings (SSSR count). The molecule has 0 aliphatic carbocycles. The summed E-state index contributed by atoms with van der Waals surface area (Å²) in [5.74, 6) is 0.744. The Balaban J connectivity index is 1.88. The van der Waals surface area contributed by atoms with Gasteiger partial charge in [0.25, 0.3) is 0 Å². The van der Waals surface area contributed by atoms with Gasteiger partial charge in [0.1, 0.15) is 5.75 Å². The van der Waals surface area contributed by atoms with Crippen molar-refractivity contribution in [2.24, 2.45) is 0 Å². The van der Waals surface area contributed by atoms with Crippen LogP contribution in [0.25, 0.3) is 0 Å². The molecule has 0 saturated carbocycles. The molecular formula is C18H22ClNO. The number of aryl methyl sites for hydroxylation is 1. The van der Waals surface area contributed by atoms with Gasteiger partial charge in [0, 0.05) is 13.1 Å². The minimum atomic E-state index is 0.132. The van der Waals surface area contributed by atoms with Crippen LogP contribution in [0.5, 0.6) is 5.75 Å². The highest BCUT2D eigenvalue weighted by molar-refractivity contribution is 6.32. The van der Waals surface area contributed by atoms with Gasteiger partial charge in [0.15, 0.2) is 0 Å². The molecule has 0 amide bonds. The predicted molar refractivity (Wildman–Crippen MR) is 88.9 cm³/mol. The smallest absolute Gasteiger partial charge is 0.138 e. The van der Waals surface area contributed by atoms with E-state index in [1.807, 2.05) is 32.0 Å². The minimum absolute atomic E-state index is 0.132. The Morgan fingerprint density at radius 2 is 1.62 bits per heavy atom. The lowest BCUT2D eigenvalue weighted by atomic mass is 10.1. The molecule has 0 aliphatic rings. The molecule has 0 spiro atoms. The number of hydrogen-bond donors (Lipinski definition) is 1. The third kappa shape index (κ3) is 5.07. The summed E-state index contributed by atoms with van der Waals surface area (Å²) in [5.41, 5.74) is 3.72. The van der Waals surface area contributed by atoms with Gasteiger partial charge in [-0.25, -0.2) is 0 Å². The first kappa shape index (κ1) is 15.9. The average Bonchev–Trinajstić information content (AvgIpc) is 2.43. The summed E-state index contributed by atoms with van der Waals surface area (Å²) < 4.78 is 5.63. The summed E-state index contributed by atoms with van der Waals surface area (Å²) in [7, 11) is 0. The summed E-state index contributed by atoms with van der Waals surface area (Å²) in [4.78, 5) is 0. The van der Waals surface area contributed by atoms with Crippen molar-refractivity contribution in [1.29, 1.82) is 0 Å². The highest BCUT2D eigenvalue weighted by atomic mass is 35.5. The molecular weight excluding hydrogens is 282 g/mol. The standard InChI is InChI=1S/C18H22ClNO/c1-13(2)21-18-9-8-16(10-17(18)19)12-20-11-15-6-4-14(3)5-7-15/h4-10,13,20H,11-12H2,1-3H3. The Kier molecular flexibility index (Phi) is 5.66. The lowest BCUT2D eigenvalue weighted by Gasteiger charge is -2.12. The fraction of sp³-hybridized carbons (Fsp3) is 0.333. The molecule has 1 N–H and O–H groups in total. The van der Waals surface area contributed by atoms with E-state index in [2.05, 4.69) is 36.5 Å². The van der Waals surface area contributed by atoms with Crippen molar-refractivity contribution in [3.63, 3.8) is 0 Å². The van der Waals surface area contributed by atoms with Crippen molar-refractivity contribution in [3.05, 3.63) is 64.2 Å². The number of benzene rings is 2. The highest BCUT2D eigenvalue weighted by Gasteiger charge is 2.05. The van der Waals surface area contributed by atoms with Crippen molar-refractivity contribution in [2.45, 2.75) is 40.0 Å². The summed E-state index contributed by atoms with van der Waals surface area (Å²) >= 11 is 6.23. The fourth-order valence-corrected chi connectivity index (χ4v) is 2.31. The molecule has 2 aromatic rings. The van der Waals surface area contributed by atoms with Crippen molar-refractivity contribution < 1.29 is 4.74 Å². The molecule has 0 heterocycles. The van der Waals surface area contributed by atoms with E-state index in [1.54, 1.807) is 0 Å². The maximum Gasteiger partial charge on any atom is 0.138 e. The van der Waals surface area contributed by atoms with E-state index in [0.29, 0.717) is 5.02 Å². The van der Waals surface area contributed by atoms with Gasteiger partial charge in [-0.05, 0) is 44.0 Å². The molecule has 2 nitrogen and oxygen atoms in total. The van der Waals surface area contributed by atoms with E-state index < -0.39 is 0 Å². The van der Waals surface area contributed by atoms with Crippen molar-refractivity contribution >= 4 is 11.6 Å². The predicted octanol–water partition coefficient (Wildman–Crippen LogP) is 4.73. The molecule has 3 heteroatoms. The van der Waals surface area contributed by atoms with Gasteiger partial charge in [-0.1, -0.05) is 47.5 Å². The van der Waals surface area contributed by atoms with E-state index in [1.165, 1.54) is 11.1 Å². The molecule has 0 aromatic heterocycles. The van der Waals surface area contributed by atoms with Crippen molar-refractivity contribution in [3.8, 4) is 5.75 Å². The summed E-state index contributed by atoms with van der Waals surface area (Å²) in [5, 5.41) is 4.09. The SMILES string of the molecule is Cc1ccc(CNCc2ccc(OC(C)C)c(Cl)c2)cc1. The van der Waals surface area contributed by atoms with Gasteiger partial charge in [-0.2, -0.15) is 0 Å². The number of rotatable bonds is 6. The normalized spacial score (nSPS) is 10.9. The van der Waals surface area contributed by atoms with Crippen LogP contribution in [0.2, 0.25) is 5.02 Å². The lowest BCUT2D eigenvalue weighted by molar-refractivity contribution is 0.242. The summed E-state index contributed by atoms with van der Waals surface area (Å²) in [6.07, 6.45) is 0.132. The van der Waals surface area contributed by atoms with Crippen molar-refractivity contribution in [2.75, 3.05) is 0 Å². The molecule has 0 aliphatic heterocycles. The zero-order valence-electron chi connectivity index (χ0n) is 12.8. The molecule has 0 fully saturated rings. The lowest BCUT2D eigenvalue weighted by Crippen LogP contribution is -2.13. The molecule has 112 valence electrons. The molecule has 0 unspecified atom stereocenters. The zero-order valence-corrected chi connectivity index (χ0v) is 13.6. The van der Waals surface area contributed by atoms with Crippen LogP contribution in [0.3, 0.4) is 0 Å². The van der Waals surface area contributed by atoms with Crippen LogP contribution in [0, 0.1) is 6.92 Å². The van der Waals surface area contributed by atoms with Gasteiger partial charge in [0.05, 0.1) is 11.1 Å². The summed E-state index contributed by atoms with van der Waals surface area (Å²) in [6, 6.07) is 14.5. The van der Waals surface area contributed by atoms with Crippen LogP contribution in [0.15, 0.2) is 42.5 Å².